The number of benzene rings is 1. The molecule has 1 unspecified atom stereocenters. The Balaban J connectivity index is 1.87. The van der Waals surface area contributed by atoms with Gasteiger partial charge in [0.15, 0.2) is 0 Å². The highest BCUT2D eigenvalue weighted by molar-refractivity contribution is 5.89. The molecule has 0 bridgehead atoms. The van der Waals surface area contributed by atoms with E-state index < -0.39 is 0 Å². The summed E-state index contributed by atoms with van der Waals surface area (Å²) in [4.78, 5) is 7.23. The third-order valence-electron chi connectivity index (χ3n) is 3.83. The van der Waals surface area contributed by atoms with Crippen LogP contribution < -0.4 is 5.32 Å². The molecular formula is C15H21N3. The number of aliphatic imine (C=N–C) groups is 1. The van der Waals surface area contributed by atoms with Crippen molar-refractivity contribution < 1.29 is 0 Å². The highest BCUT2D eigenvalue weighted by atomic mass is 15.2. The Morgan fingerprint density at radius 2 is 1.83 bits per heavy atom. The minimum Gasteiger partial charge on any atom is -0.370 e. The fraction of sp³-hybridized carbons (Fsp3) is 0.533. The van der Waals surface area contributed by atoms with Crippen molar-refractivity contribution in [2.45, 2.75) is 25.3 Å². The monoisotopic (exact) mass is 243 g/mol. The molecule has 0 aliphatic carbocycles. The van der Waals surface area contributed by atoms with Crippen LogP contribution in [0.25, 0.3) is 0 Å². The molecule has 1 aromatic carbocycles. The van der Waals surface area contributed by atoms with E-state index >= 15 is 0 Å². The van der Waals surface area contributed by atoms with Gasteiger partial charge in [0.1, 0.15) is 5.84 Å². The minimum atomic E-state index is 0.342. The van der Waals surface area contributed by atoms with Crippen LogP contribution >= 0.6 is 0 Å². The van der Waals surface area contributed by atoms with E-state index in [9.17, 15) is 0 Å². The van der Waals surface area contributed by atoms with E-state index in [2.05, 4.69) is 45.5 Å². The lowest BCUT2D eigenvalue weighted by Crippen LogP contribution is -2.41. The molecule has 1 atom stereocenters. The Morgan fingerprint density at radius 3 is 2.50 bits per heavy atom. The summed E-state index contributed by atoms with van der Waals surface area (Å²) in [6.07, 6.45) is 4.01. The summed E-state index contributed by atoms with van der Waals surface area (Å²) < 4.78 is 0. The van der Waals surface area contributed by atoms with Gasteiger partial charge in [-0.3, -0.25) is 9.89 Å². The van der Waals surface area contributed by atoms with Crippen LogP contribution in [-0.2, 0) is 0 Å². The maximum atomic E-state index is 4.65. The number of hydrogen-bond acceptors (Lipinski definition) is 3. The quantitative estimate of drug-likeness (QED) is 0.881. The zero-order valence-corrected chi connectivity index (χ0v) is 10.8. The first kappa shape index (κ1) is 11.7. The number of piperidine rings is 1. The summed E-state index contributed by atoms with van der Waals surface area (Å²) in [5, 5.41) is 3.46. The summed E-state index contributed by atoms with van der Waals surface area (Å²) in [6, 6.07) is 11.1. The van der Waals surface area contributed by atoms with Crippen LogP contribution in [0.1, 0.15) is 30.9 Å². The summed E-state index contributed by atoms with van der Waals surface area (Å²) in [5.41, 5.74) is 1.37. The Labute approximate surface area is 109 Å². The Bertz CT molecular complexity index is 407. The molecular weight excluding hydrogens is 222 g/mol. The summed E-state index contributed by atoms with van der Waals surface area (Å²) in [6.45, 7) is 4.31. The zero-order valence-electron chi connectivity index (χ0n) is 10.8. The van der Waals surface area contributed by atoms with Crippen molar-refractivity contribution >= 4 is 5.84 Å². The Morgan fingerprint density at radius 1 is 1.06 bits per heavy atom. The molecule has 0 radical (unpaired) electrons. The molecule has 0 spiro atoms. The highest BCUT2D eigenvalue weighted by Gasteiger charge is 2.27. The predicted octanol–water partition coefficient (Wildman–Crippen LogP) is 2.22. The first-order valence-electron chi connectivity index (χ1n) is 7.02. The second kappa shape index (κ2) is 5.53. The number of hydrogen-bond donors (Lipinski definition) is 1. The average Bonchev–Trinajstić information content (AvgIpc) is 2.95. The van der Waals surface area contributed by atoms with Gasteiger partial charge in [-0.2, -0.15) is 0 Å². The number of amidine groups is 1. The predicted molar refractivity (Wildman–Crippen MR) is 74.9 cm³/mol. The van der Waals surface area contributed by atoms with Gasteiger partial charge in [0.05, 0.1) is 12.6 Å². The van der Waals surface area contributed by atoms with Gasteiger partial charge in [-0.1, -0.05) is 36.8 Å². The third kappa shape index (κ3) is 2.41. The molecule has 1 N–H and O–H groups in total. The van der Waals surface area contributed by atoms with Crippen LogP contribution in [-0.4, -0.2) is 36.9 Å². The average molecular weight is 243 g/mol. The van der Waals surface area contributed by atoms with Gasteiger partial charge in [0, 0.05) is 6.54 Å². The number of nitrogens with zero attached hydrogens (tertiary/aromatic N) is 2. The molecule has 0 amide bonds. The zero-order chi connectivity index (χ0) is 12.2. The third-order valence-corrected chi connectivity index (χ3v) is 3.83. The molecule has 2 aliphatic rings. The molecule has 0 saturated carbocycles. The van der Waals surface area contributed by atoms with Crippen LogP contribution in [0.15, 0.2) is 35.3 Å². The van der Waals surface area contributed by atoms with Crippen molar-refractivity contribution in [1.29, 1.82) is 0 Å². The molecule has 2 heterocycles. The molecule has 96 valence electrons. The lowest BCUT2D eigenvalue weighted by Gasteiger charge is -2.34. The van der Waals surface area contributed by atoms with Crippen LogP contribution in [0.3, 0.4) is 0 Å². The van der Waals surface area contributed by atoms with E-state index in [4.69, 9.17) is 0 Å². The summed E-state index contributed by atoms with van der Waals surface area (Å²) >= 11 is 0. The van der Waals surface area contributed by atoms with Gasteiger partial charge < -0.3 is 5.32 Å². The maximum Gasteiger partial charge on any atom is 0.119 e. The number of nitrogens with one attached hydrogen (secondary N) is 1. The van der Waals surface area contributed by atoms with E-state index in [-0.39, 0.29) is 0 Å². The second-order valence-corrected chi connectivity index (χ2v) is 5.10. The van der Waals surface area contributed by atoms with Gasteiger partial charge in [0.2, 0.25) is 0 Å². The molecule has 1 aromatic rings. The normalized spacial score (nSPS) is 22.3. The minimum absolute atomic E-state index is 0.342. The molecule has 3 heteroatoms. The van der Waals surface area contributed by atoms with Gasteiger partial charge in [-0.25, -0.2) is 0 Å². The smallest absolute Gasteiger partial charge is 0.119 e. The molecule has 0 aromatic heterocycles. The molecule has 2 aliphatic heterocycles. The molecule has 1 fully saturated rings. The van der Waals surface area contributed by atoms with Crippen molar-refractivity contribution in [3.8, 4) is 0 Å². The van der Waals surface area contributed by atoms with Gasteiger partial charge >= 0.3 is 0 Å². The van der Waals surface area contributed by atoms with Crippen molar-refractivity contribution in [1.82, 2.24) is 10.2 Å². The van der Waals surface area contributed by atoms with Gasteiger partial charge in [-0.05, 0) is 31.5 Å². The standard InChI is InChI=1S/C15H21N3/c1-3-7-13(8-4-1)14(15-16-9-10-17-15)18-11-5-2-6-12-18/h1,3-4,7-8,14H,2,5-6,9-12H2,(H,16,17). The molecule has 3 nitrogen and oxygen atoms in total. The van der Waals surface area contributed by atoms with Crippen molar-refractivity contribution in [2.24, 2.45) is 4.99 Å². The van der Waals surface area contributed by atoms with Crippen LogP contribution in [0.5, 0.6) is 0 Å². The van der Waals surface area contributed by atoms with Gasteiger partial charge in [0.25, 0.3) is 0 Å². The number of rotatable bonds is 3. The number of likely N-dealkylation sites (tertiary alicyclic amines) is 1. The first-order chi connectivity index (χ1) is 8.95. The maximum absolute atomic E-state index is 4.65. The summed E-state index contributed by atoms with van der Waals surface area (Å²) in [7, 11) is 0. The van der Waals surface area contributed by atoms with Crippen molar-refractivity contribution in [2.75, 3.05) is 26.2 Å². The SMILES string of the molecule is c1ccc(C(C2=NCCN2)N2CCCCC2)cc1. The lowest BCUT2D eigenvalue weighted by molar-refractivity contribution is 0.201. The summed E-state index contributed by atoms with van der Waals surface area (Å²) in [5.74, 6) is 1.17. The van der Waals surface area contributed by atoms with Crippen molar-refractivity contribution in [3.63, 3.8) is 0 Å². The van der Waals surface area contributed by atoms with E-state index in [0.717, 1.165) is 13.1 Å². The highest BCUT2D eigenvalue weighted by Crippen LogP contribution is 2.26. The first-order valence-corrected chi connectivity index (χ1v) is 7.02. The fourth-order valence-corrected chi connectivity index (χ4v) is 2.95. The van der Waals surface area contributed by atoms with Crippen LogP contribution in [0, 0.1) is 0 Å². The van der Waals surface area contributed by atoms with E-state index in [1.54, 1.807) is 0 Å². The van der Waals surface area contributed by atoms with E-state index in [1.807, 2.05) is 0 Å². The van der Waals surface area contributed by atoms with Crippen molar-refractivity contribution in [3.05, 3.63) is 35.9 Å². The van der Waals surface area contributed by atoms with Crippen LogP contribution in [0.4, 0.5) is 0 Å². The lowest BCUT2D eigenvalue weighted by atomic mass is 10.0. The van der Waals surface area contributed by atoms with E-state index in [1.165, 1.54) is 43.8 Å². The van der Waals surface area contributed by atoms with E-state index in [0.29, 0.717) is 6.04 Å². The molecule has 1 saturated heterocycles. The Kier molecular flexibility index (Phi) is 3.60. The van der Waals surface area contributed by atoms with Crippen LogP contribution in [0.2, 0.25) is 0 Å². The Hall–Kier alpha value is -1.35. The fourth-order valence-electron chi connectivity index (χ4n) is 2.95. The topological polar surface area (TPSA) is 27.6 Å². The van der Waals surface area contributed by atoms with Gasteiger partial charge in [-0.15, -0.1) is 0 Å². The largest absolute Gasteiger partial charge is 0.370 e. The second-order valence-electron chi connectivity index (χ2n) is 5.10. The molecule has 3 rings (SSSR count). The molecule has 18 heavy (non-hydrogen) atoms.